The molecule has 0 unspecified atom stereocenters. The number of nitrogens with zero attached hydrogens (tertiary/aromatic N) is 2. The highest BCUT2D eigenvalue weighted by atomic mass is 32.1. The van der Waals surface area contributed by atoms with Crippen molar-refractivity contribution in [3.05, 3.63) is 33.8 Å². The largest absolute Gasteiger partial charge is 0.355 e. The number of nitrogens with one attached hydrogen (secondary N) is 1. The standard InChI is InChI=1S/C14H21N3S/c1-10(2)8-16-14-15-5-6-17(14)9-13-7-11(3)12(4)18-13/h5-7,10H,8-9H2,1-4H3,(H,15,16). The summed E-state index contributed by atoms with van der Waals surface area (Å²) in [6.07, 6.45) is 3.89. The number of hydrogen-bond donors (Lipinski definition) is 1. The van der Waals surface area contributed by atoms with Gasteiger partial charge in [0, 0.05) is 28.7 Å². The Morgan fingerprint density at radius 1 is 1.39 bits per heavy atom. The number of aryl methyl sites for hydroxylation is 2. The van der Waals surface area contributed by atoms with E-state index >= 15 is 0 Å². The van der Waals surface area contributed by atoms with E-state index in [1.807, 2.05) is 23.7 Å². The summed E-state index contributed by atoms with van der Waals surface area (Å²) in [5.41, 5.74) is 1.38. The van der Waals surface area contributed by atoms with Crippen molar-refractivity contribution in [3.63, 3.8) is 0 Å². The summed E-state index contributed by atoms with van der Waals surface area (Å²) < 4.78 is 2.17. The topological polar surface area (TPSA) is 29.9 Å². The average molecular weight is 263 g/mol. The normalized spacial score (nSPS) is 11.2. The van der Waals surface area contributed by atoms with Crippen LogP contribution in [-0.4, -0.2) is 16.1 Å². The van der Waals surface area contributed by atoms with Gasteiger partial charge in [-0.25, -0.2) is 4.98 Å². The van der Waals surface area contributed by atoms with Crippen LogP contribution in [0.25, 0.3) is 0 Å². The molecule has 2 aromatic heterocycles. The monoisotopic (exact) mass is 263 g/mol. The van der Waals surface area contributed by atoms with Crippen LogP contribution in [0.1, 0.15) is 29.2 Å². The minimum Gasteiger partial charge on any atom is -0.355 e. The van der Waals surface area contributed by atoms with Crippen LogP contribution in [0.4, 0.5) is 5.95 Å². The highest BCUT2D eigenvalue weighted by Gasteiger charge is 2.06. The third kappa shape index (κ3) is 3.13. The molecule has 0 aliphatic rings. The van der Waals surface area contributed by atoms with Gasteiger partial charge in [-0.3, -0.25) is 0 Å². The lowest BCUT2D eigenvalue weighted by molar-refractivity contribution is 0.677. The highest BCUT2D eigenvalue weighted by Crippen LogP contribution is 2.22. The van der Waals surface area contributed by atoms with E-state index in [0.717, 1.165) is 19.0 Å². The zero-order valence-corrected chi connectivity index (χ0v) is 12.3. The van der Waals surface area contributed by atoms with Gasteiger partial charge in [0.15, 0.2) is 0 Å². The van der Waals surface area contributed by atoms with Crippen molar-refractivity contribution in [2.75, 3.05) is 11.9 Å². The molecule has 0 aromatic carbocycles. The molecule has 0 atom stereocenters. The first kappa shape index (κ1) is 13.1. The number of imidazole rings is 1. The molecule has 0 saturated heterocycles. The van der Waals surface area contributed by atoms with Gasteiger partial charge in [0.2, 0.25) is 5.95 Å². The summed E-state index contributed by atoms with van der Waals surface area (Å²) in [4.78, 5) is 7.16. The maximum Gasteiger partial charge on any atom is 0.203 e. The molecule has 1 N–H and O–H groups in total. The van der Waals surface area contributed by atoms with Gasteiger partial charge in [0.1, 0.15) is 0 Å². The molecule has 3 nitrogen and oxygen atoms in total. The number of aromatic nitrogens is 2. The Labute approximate surface area is 113 Å². The highest BCUT2D eigenvalue weighted by molar-refractivity contribution is 7.12. The zero-order chi connectivity index (χ0) is 13.1. The second-order valence-electron chi connectivity index (χ2n) is 5.11. The quantitative estimate of drug-likeness (QED) is 0.892. The van der Waals surface area contributed by atoms with E-state index in [1.54, 1.807) is 0 Å². The van der Waals surface area contributed by atoms with Crippen molar-refractivity contribution < 1.29 is 0 Å². The molecule has 98 valence electrons. The molecule has 0 fully saturated rings. The van der Waals surface area contributed by atoms with Crippen LogP contribution < -0.4 is 5.32 Å². The second-order valence-corrected chi connectivity index (χ2v) is 6.45. The molecular weight excluding hydrogens is 242 g/mol. The zero-order valence-electron chi connectivity index (χ0n) is 11.5. The van der Waals surface area contributed by atoms with Crippen molar-refractivity contribution >= 4 is 17.3 Å². The molecule has 2 aromatic rings. The molecule has 0 radical (unpaired) electrons. The van der Waals surface area contributed by atoms with E-state index in [2.05, 4.69) is 48.6 Å². The van der Waals surface area contributed by atoms with Crippen LogP contribution in [0, 0.1) is 19.8 Å². The van der Waals surface area contributed by atoms with Gasteiger partial charge < -0.3 is 9.88 Å². The predicted octanol–water partition coefficient (Wildman–Crippen LogP) is 3.68. The Hall–Kier alpha value is -1.29. The molecule has 18 heavy (non-hydrogen) atoms. The van der Waals surface area contributed by atoms with Gasteiger partial charge in [0.25, 0.3) is 0 Å². The minimum absolute atomic E-state index is 0.626. The molecule has 0 amide bonds. The Kier molecular flexibility index (Phi) is 4.07. The molecule has 0 spiro atoms. The van der Waals surface area contributed by atoms with Gasteiger partial charge in [-0.05, 0) is 31.4 Å². The summed E-state index contributed by atoms with van der Waals surface area (Å²) in [6.45, 7) is 10.6. The Balaban J connectivity index is 2.07. The van der Waals surface area contributed by atoms with Crippen LogP contribution in [-0.2, 0) is 6.54 Å². The van der Waals surface area contributed by atoms with Crippen LogP contribution in [0.5, 0.6) is 0 Å². The Morgan fingerprint density at radius 3 is 2.78 bits per heavy atom. The van der Waals surface area contributed by atoms with Crippen molar-refractivity contribution in [2.24, 2.45) is 5.92 Å². The minimum atomic E-state index is 0.626. The molecule has 0 bridgehead atoms. The van der Waals surface area contributed by atoms with Gasteiger partial charge in [-0.2, -0.15) is 0 Å². The molecular formula is C14H21N3S. The Morgan fingerprint density at radius 2 is 2.17 bits per heavy atom. The summed E-state index contributed by atoms with van der Waals surface area (Å²) in [6, 6.07) is 2.27. The van der Waals surface area contributed by atoms with Crippen LogP contribution in [0.15, 0.2) is 18.5 Å². The summed E-state index contributed by atoms with van der Waals surface area (Å²) >= 11 is 1.87. The first-order valence-electron chi connectivity index (χ1n) is 6.37. The van der Waals surface area contributed by atoms with Crippen molar-refractivity contribution in [1.82, 2.24) is 9.55 Å². The van der Waals surface area contributed by atoms with E-state index in [0.29, 0.717) is 5.92 Å². The molecule has 2 heterocycles. The van der Waals surface area contributed by atoms with Crippen molar-refractivity contribution in [1.29, 1.82) is 0 Å². The maximum atomic E-state index is 4.37. The lowest BCUT2D eigenvalue weighted by Gasteiger charge is -2.10. The van der Waals surface area contributed by atoms with Crippen LogP contribution in [0.3, 0.4) is 0 Å². The van der Waals surface area contributed by atoms with Gasteiger partial charge in [-0.1, -0.05) is 13.8 Å². The molecule has 0 saturated carbocycles. The fourth-order valence-corrected chi connectivity index (χ4v) is 2.85. The van der Waals surface area contributed by atoms with E-state index < -0.39 is 0 Å². The van der Waals surface area contributed by atoms with E-state index in [4.69, 9.17) is 0 Å². The van der Waals surface area contributed by atoms with Gasteiger partial charge >= 0.3 is 0 Å². The molecule has 0 aliphatic heterocycles. The average Bonchev–Trinajstić information content (AvgIpc) is 2.85. The van der Waals surface area contributed by atoms with Crippen LogP contribution >= 0.6 is 11.3 Å². The molecule has 2 rings (SSSR count). The third-order valence-electron chi connectivity index (χ3n) is 2.93. The number of rotatable bonds is 5. The lowest BCUT2D eigenvalue weighted by Crippen LogP contribution is -2.12. The number of thiophene rings is 1. The predicted molar refractivity (Wildman–Crippen MR) is 78.4 cm³/mol. The molecule has 4 heteroatoms. The van der Waals surface area contributed by atoms with E-state index in [1.165, 1.54) is 15.3 Å². The fraction of sp³-hybridized carbons (Fsp3) is 0.500. The maximum absolute atomic E-state index is 4.37. The fourth-order valence-electron chi connectivity index (χ4n) is 1.79. The first-order chi connectivity index (χ1) is 8.56. The van der Waals surface area contributed by atoms with E-state index in [-0.39, 0.29) is 0 Å². The molecule has 0 aliphatic carbocycles. The van der Waals surface area contributed by atoms with Crippen molar-refractivity contribution in [2.45, 2.75) is 34.2 Å². The van der Waals surface area contributed by atoms with Crippen molar-refractivity contribution in [3.8, 4) is 0 Å². The summed E-state index contributed by atoms with van der Waals surface area (Å²) in [5, 5.41) is 3.39. The van der Waals surface area contributed by atoms with Crippen LogP contribution in [0.2, 0.25) is 0 Å². The third-order valence-corrected chi connectivity index (χ3v) is 4.06. The van der Waals surface area contributed by atoms with Gasteiger partial charge in [0.05, 0.1) is 6.54 Å². The Bertz CT molecular complexity index is 491. The number of hydrogen-bond acceptors (Lipinski definition) is 3. The number of anilines is 1. The SMILES string of the molecule is Cc1cc(Cn2ccnc2NCC(C)C)sc1C. The first-order valence-corrected chi connectivity index (χ1v) is 7.19. The summed E-state index contributed by atoms with van der Waals surface area (Å²) in [7, 11) is 0. The van der Waals surface area contributed by atoms with E-state index in [9.17, 15) is 0 Å². The smallest absolute Gasteiger partial charge is 0.203 e. The van der Waals surface area contributed by atoms with Gasteiger partial charge in [-0.15, -0.1) is 11.3 Å². The summed E-state index contributed by atoms with van der Waals surface area (Å²) in [5.74, 6) is 1.59. The second kappa shape index (κ2) is 5.57. The lowest BCUT2D eigenvalue weighted by atomic mass is 10.2.